The van der Waals surface area contributed by atoms with Crippen molar-refractivity contribution >= 4 is 5.57 Å². The van der Waals surface area contributed by atoms with Crippen molar-refractivity contribution in [2.24, 2.45) is 11.8 Å². The molecule has 1 aromatic carbocycles. The van der Waals surface area contributed by atoms with Crippen LogP contribution in [0.3, 0.4) is 0 Å². The second-order valence-corrected chi connectivity index (χ2v) is 7.27. The van der Waals surface area contributed by atoms with Gasteiger partial charge in [-0.05, 0) is 67.1 Å². The van der Waals surface area contributed by atoms with Gasteiger partial charge in [0.2, 0.25) is 0 Å². The SMILES string of the molecule is CCCCCc1ccc(C2=CCC(CC(C)CC)CC2)cc1. The van der Waals surface area contributed by atoms with Crippen molar-refractivity contribution < 1.29 is 0 Å². The van der Waals surface area contributed by atoms with E-state index in [1.165, 1.54) is 68.9 Å². The summed E-state index contributed by atoms with van der Waals surface area (Å²) >= 11 is 0. The van der Waals surface area contributed by atoms with Crippen LogP contribution in [0, 0.1) is 11.8 Å². The van der Waals surface area contributed by atoms with Gasteiger partial charge in [0.25, 0.3) is 0 Å². The van der Waals surface area contributed by atoms with Gasteiger partial charge in [-0.25, -0.2) is 0 Å². The molecule has 0 amide bonds. The molecule has 1 aliphatic rings. The molecule has 2 atom stereocenters. The van der Waals surface area contributed by atoms with Crippen LogP contribution in [0.4, 0.5) is 0 Å². The second kappa shape index (κ2) is 9.18. The Morgan fingerprint density at radius 2 is 1.86 bits per heavy atom. The maximum Gasteiger partial charge on any atom is -0.0228 e. The highest BCUT2D eigenvalue weighted by molar-refractivity contribution is 5.66. The largest absolute Gasteiger partial charge is 0.0804 e. The van der Waals surface area contributed by atoms with E-state index < -0.39 is 0 Å². The number of rotatable bonds is 8. The molecule has 0 nitrogen and oxygen atoms in total. The summed E-state index contributed by atoms with van der Waals surface area (Å²) in [7, 11) is 0. The molecule has 1 aromatic rings. The summed E-state index contributed by atoms with van der Waals surface area (Å²) in [5.41, 5.74) is 4.55. The van der Waals surface area contributed by atoms with E-state index in [0.29, 0.717) is 0 Å². The molecule has 0 aliphatic heterocycles. The van der Waals surface area contributed by atoms with E-state index in [1.54, 1.807) is 5.57 Å². The van der Waals surface area contributed by atoms with Gasteiger partial charge in [0, 0.05) is 0 Å². The van der Waals surface area contributed by atoms with E-state index in [4.69, 9.17) is 0 Å². The summed E-state index contributed by atoms with van der Waals surface area (Å²) in [6.07, 6.45) is 14.4. The van der Waals surface area contributed by atoms with Crippen LogP contribution >= 0.6 is 0 Å². The van der Waals surface area contributed by atoms with Gasteiger partial charge in [-0.3, -0.25) is 0 Å². The van der Waals surface area contributed by atoms with E-state index in [2.05, 4.69) is 51.1 Å². The first-order valence-corrected chi connectivity index (χ1v) is 9.51. The third-order valence-electron chi connectivity index (χ3n) is 5.35. The first-order valence-electron chi connectivity index (χ1n) is 9.51. The molecule has 0 bridgehead atoms. The Morgan fingerprint density at radius 3 is 2.45 bits per heavy atom. The standard InChI is InChI=1S/C22H34/c1-4-6-7-8-19-9-13-21(14-10-19)22-15-11-20(12-16-22)17-18(3)5-2/h9-10,13-15,18,20H,4-8,11-12,16-17H2,1-3H3. The fraction of sp³-hybridized carbons (Fsp3) is 0.636. The molecule has 1 aliphatic carbocycles. The molecule has 0 aromatic heterocycles. The summed E-state index contributed by atoms with van der Waals surface area (Å²) in [6, 6.07) is 9.39. The van der Waals surface area contributed by atoms with Crippen LogP contribution in [0.25, 0.3) is 5.57 Å². The predicted octanol–water partition coefficient (Wildman–Crippen LogP) is 7.04. The third kappa shape index (κ3) is 5.30. The van der Waals surface area contributed by atoms with Gasteiger partial charge in [0.05, 0.1) is 0 Å². The van der Waals surface area contributed by atoms with Gasteiger partial charge in [-0.15, -0.1) is 0 Å². The number of hydrogen-bond donors (Lipinski definition) is 0. The van der Waals surface area contributed by atoms with Crippen molar-refractivity contribution in [3.05, 3.63) is 41.5 Å². The monoisotopic (exact) mass is 298 g/mol. The first-order chi connectivity index (χ1) is 10.7. The van der Waals surface area contributed by atoms with Crippen molar-refractivity contribution in [1.29, 1.82) is 0 Å². The minimum Gasteiger partial charge on any atom is -0.0804 e. The summed E-state index contributed by atoms with van der Waals surface area (Å²) < 4.78 is 0. The smallest absolute Gasteiger partial charge is 0.0228 e. The fourth-order valence-electron chi connectivity index (χ4n) is 3.57. The van der Waals surface area contributed by atoms with E-state index in [9.17, 15) is 0 Å². The highest BCUT2D eigenvalue weighted by atomic mass is 14.2. The average molecular weight is 299 g/mol. The van der Waals surface area contributed by atoms with Gasteiger partial charge in [0.1, 0.15) is 0 Å². The van der Waals surface area contributed by atoms with Crippen LogP contribution in [0.5, 0.6) is 0 Å². The van der Waals surface area contributed by atoms with Crippen molar-refractivity contribution in [1.82, 2.24) is 0 Å². The highest BCUT2D eigenvalue weighted by Gasteiger charge is 2.17. The zero-order valence-electron chi connectivity index (χ0n) is 14.9. The van der Waals surface area contributed by atoms with Gasteiger partial charge in [-0.1, -0.05) is 70.4 Å². The van der Waals surface area contributed by atoms with Gasteiger partial charge < -0.3 is 0 Å². The Bertz CT molecular complexity index is 451. The zero-order valence-corrected chi connectivity index (χ0v) is 14.9. The molecule has 0 radical (unpaired) electrons. The van der Waals surface area contributed by atoms with Crippen molar-refractivity contribution in [2.45, 2.75) is 78.6 Å². The molecule has 122 valence electrons. The Kier molecular flexibility index (Phi) is 7.22. The molecule has 2 rings (SSSR count). The van der Waals surface area contributed by atoms with Crippen LogP contribution in [0.15, 0.2) is 30.3 Å². The van der Waals surface area contributed by atoms with Crippen molar-refractivity contribution in [3.8, 4) is 0 Å². The van der Waals surface area contributed by atoms with E-state index in [0.717, 1.165) is 11.8 Å². The van der Waals surface area contributed by atoms with Crippen LogP contribution < -0.4 is 0 Å². The summed E-state index contributed by atoms with van der Waals surface area (Å²) in [6.45, 7) is 6.99. The number of unbranched alkanes of at least 4 members (excludes halogenated alkanes) is 2. The molecule has 0 saturated heterocycles. The highest BCUT2D eigenvalue weighted by Crippen LogP contribution is 2.33. The molecule has 22 heavy (non-hydrogen) atoms. The Hall–Kier alpha value is -1.04. The lowest BCUT2D eigenvalue weighted by atomic mass is 9.81. The number of benzene rings is 1. The first kappa shape index (κ1) is 17.3. The Balaban J connectivity index is 1.87. The maximum absolute atomic E-state index is 2.52. The predicted molar refractivity (Wildman–Crippen MR) is 99.1 cm³/mol. The number of allylic oxidation sites excluding steroid dienone is 2. The topological polar surface area (TPSA) is 0 Å². The van der Waals surface area contributed by atoms with Crippen LogP contribution in [-0.2, 0) is 6.42 Å². The minimum absolute atomic E-state index is 0.891. The van der Waals surface area contributed by atoms with Crippen molar-refractivity contribution in [2.75, 3.05) is 0 Å². The van der Waals surface area contributed by atoms with Gasteiger partial charge in [0.15, 0.2) is 0 Å². The fourth-order valence-corrected chi connectivity index (χ4v) is 3.57. The third-order valence-corrected chi connectivity index (χ3v) is 5.35. The number of aryl methyl sites for hydroxylation is 1. The lowest BCUT2D eigenvalue weighted by Gasteiger charge is -2.24. The normalized spacial score (nSPS) is 19.8. The average Bonchev–Trinajstić information content (AvgIpc) is 2.56. The second-order valence-electron chi connectivity index (χ2n) is 7.27. The molecule has 0 heterocycles. The molecular weight excluding hydrogens is 264 g/mol. The lowest BCUT2D eigenvalue weighted by molar-refractivity contribution is 0.362. The van der Waals surface area contributed by atoms with Crippen molar-refractivity contribution in [3.63, 3.8) is 0 Å². The molecule has 0 spiro atoms. The molecule has 0 N–H and O–H groups in total. The summed E-state index contributed by atoms with van der Waals surface area (Å²) in [5, 5.41) is 0. The number of hydrogen-bond acceptors (Lipinski definition) is 0. The Labute approximate surface area is 138 Å². The molecule has 0 heteroatoms. The molecule has 0 saturated carbocycles. The maximum atomic E-state index is 2.52. The van der Waals surface area contributed by atoms with Crippen LogP contribution in [0.1, 0.15) is 83.3 Å². The summed E-state index contributed by atoms with van der Waals surface area (Å²) in [5.74, 6) is 1.81. The van der Waals surface area contributed by atoms with E-state index in [1.807, 2.05) is 0 Å². The zero-order chi connectivity index (χ0) is 15.8. The summed E-state index contributed by atoms with van der Waals surface area (Å²) in [4.78, 5) is 0. The Morgan fingerprint density at radius 1 is 1.09 bits per heavy atom. The van der Waals surface area contributed by atoms with Crippen LogP contribution in [0.2, 0.25) is 0 Å². The quantitative estimate of drug-likeness (QED) is 0.451. The molecular formula is C22H34. The molecule has 0 fully saturated rings. The minimum atomic E-state index is 0.891. The molecule has 2 unspecified atom stereocenters. The van der Waals surface area contributed by atoms with Gasteiger partial charge >= 0.3 is 0 Å². The van der Waals surface area contributed by atoms with E-state index >= 15 is 0 Å². The van der Waals surface area contributed by atoms with E-state index in [-0.39, 0.29) is 0 Å². The lowest BCUT2D eigenvalue weighted by Crippen LogP contribution is -2.09. The van der Waals surface area contributed by atoms with Crippen LogP contribution in [-0.4, -0.2) is 0 Å². The van der Waals surface area contributed by atoms with Gasteiger partial charge in [-0.2, -0.15) is 0 Å².